The van der Waals surface area contributed by atoms with Crippen LogP contribution in [0.3, 0.4) is 0 Å². The highest BCUT2D eigenvalue weighted by molar-refractivity contribution is 5.94. The zero-order valence-electron chi connectivity index (χ0n) is 14.4. The molecular weight excluding hydrogens is 318 g/mol. The zero-order chi connectivity index (χ0) is 18.1. The van der Waals surface area contributed by atoms with Gasteiger partial charge in [-0.25, -0.2) is 0 Å². The van der Waals surface area contributed by atoms with Gasteiger partial charge in [-0.15, -0.1) is 0 Å². The summed E-state index contributed by atoms with van der Waals surface area (Å²) < 4.78 is 5.55. The van der Waals surface area contributed by atoms with Gasteiger partial charge in [-0.2, -0.15) is 0 Å². The number of nitrogens with zero attached hydrogens (tertiary/aromatic N) is 1. The van der Waals surface area contributed by atoms with Crippen molar-refractivity contribution in [2.24, 2.45) is 0 Å². The highest BCUT2D eigenvalue weighted by Crippen LogP contribution is 2.14. The largest absolute Gasteiger partial charge is 0.484 e. The van der Waals surface area contributed by atoms with Crippen molar-refractivity contribution in [1.29, 1.82) is 0 Å². The number of ketones is 1. The van der Waals surface area contributed by atoms with Crippen molar-refractivity contribution < 1.29 is 19.4 Å². The number of aliphatic hydroxyl groups excluding tert-OH is 1. The third-order valence-electron chi connectivity index (χ3n) is 3.76. The molecule has 0 spiro atoms. The predicted octanol–water partition coefficient (Wildman–Crippen LogP) is 2.68. The molecule has 0 bridgehead atoms. The van der Waals surface area contributed by atoms with Crippen molar-refractivity contribution in [3.63, 3.8) is 0 Å². The zero-order valence-corrected chi connectivity index (χ0v) is 14.4. The smallest absolute Gasteiger partial charge is 0.260 e. The number of amides is 1. The number of carbonyl (C=O) groups excluding carboxylic acids is 2. The first kappa shape index (κ1) is 18.7. The van der Waals surface area contributed by atoms with E-state index in [-0.39, 0.29) is 24.9 Å². The Labute approximate surface area is 147 Å². The Bertz CT molecular complexity index is 700. The maximum absolute atomic E-state index is 12.5. The summed E-state index contributed by atoms with van der Waals surface area (Å²) in [7, 11) is 0. The van der Waals surface area contributed by atoms with E-state index in [9.17, 15) is 9.59 Å². The van der Waals surface area contributed by atoms with Gasteiger partial charge in [-0.05, 0) is 31.0 Å². The SMILES string of the molecule is CC(=O)c1cccc(OCC(=O)N(CCCO)Cc2ccccc2)c1. The van der Waals surface area contributed by atoms with Crippen molar-refractivity contribution in [3.05, 3.63) is 65.7 Å². The van der Waals surface area contributed by atoms with Crippen LogP contribution in [-0.2, 0) is 11.3 Å². The molecule has 25 heavy (non-hydrogen) atoms. The first-order chi connectivity index (χ1) is 12.1. The highest BCUT2D eigenvalue weighted by atomic mass is 16.5. The molecule has 0 saturated carbocycles. The van der Waals surface area contributed by atoms with Crippen LogP contribution in [0.4, 0.5) is 0 Å². The fraction of sp³-hybridized carbons (Fsp3) is 0.300. The molecule has 132 valence electrons. The van der Waals surface area contributed by atoms with Gasteiger partial charge in [0, 0.05) is 25.3 Å². The van der Waals surface area contributed by atoms with E-state index in [0.29, 0.717) is 30.8 Å². The number of aliphatic hydroxyl groups is 1. The summed E-state index contributed by atoms with van der Waals surface area (Å²) >= 11 is 0. The van der Waals surface area contributed by atoms with Gasteiger partial charge in [0.05, 0.1) is 0 Å². The van der Waals surface area contributed by atoms with Gasteiger partial charge in [0.25, 0.3) is 5.91 Å². The topological polar surface area (TPSA) is 66.8 Å². The summed E-state index contributed by atoms with van der Waals surface area (Å²) in [4.78, 5) is 25.6. The molecule has 0 aromatic heterocycles. The number of carbonyl (C=O) groups is 2. The Hall–Kier alpha value is -2.66. The first-order valence-electron chi connectivity index (χ1n) is 8.26. The molecule has 5 nitrogen and oxygen atoms in total. The summed E-state index contributed by atoms with van der Waals surface area (Å²) in [6.45, 7) is 2.33. The Morgan fingerprint density at radius 1 is 1.08 bits per heavy atom. The fourth-order valence-corrected chi connectivity index (χ4v) is 2.40. The monoisotopic (exact) mass is 341 g/mol. The number of Topliss-reactive ketones (excluding diaryl/α,β-unsaturated/α-hetero) is 1. The van der Waals surface area contributed by atoms with E-state index in [1.54, 1.807) is 29.2 Å². The van der Waals surface area contributed by atoms with Gasteiger partial charge in [-0.1, -0.05) is 42.5 Å². The van der Waals surface area contributed by atoms with Crippen LogP contribution in [0.25, 0.3) is 0 Å². The van der Waals surface area contributed by atoms with E-state index in [2.05, 4.69) is 0 Å². The predicted molar refractivity (Wildman–Crippen MR) is 95.5 cm³/mol. The van der Waals surface area contributed by atoms with E-state index in [1.807, 2.05) is 30.3 Å². The van der Waals surface area contributed by atoms with Crippen molar-refractivity contribution in [1.82, 2.24) is 4.90 Å². The molecule has 0 atom stereocenters. The van der Waals surface area contributed by atoms with Gasteiger partial charge in [-0.3, -0.25) is 9.59 Å². The average Bonchev–Trinajstić information content (AvgIpc) is 2.64. The number of hydrogen-bond acceptors (Lipinski definition) is 4. The number of rotatable bonds is 9. The van der Waals surface area contributed by atoms with Crippen LogP contribution >= 0.6 is 0 Å². The van der Waals surface area contributed by atoms with Gasteiger partial charge >= 0.3 is 0 Å². The fourth-order valence-electron chi connectivity index (χ4n) is 2.40. The minimum absolute atomic E-state index is 0.0279. The molecule has 1 amide bonds. The quantitative estimate of drug-likeness (QED) is 0.712. The van der Waals surface area contributed by atoms with Gasteiger partial charge in [0.2, 0.25) is 0 Å². The standard InChI is InChI=1S/C20H23NO4/c1-16(23)18-9-5-10-19(13-18)25-15-20(24)21(11-6-12-22)14-17-7-3-2-4-8-17/h2-5,7-10,13,22H,6,11-12,14-15H2,1H3. The van der Waals surface area contributed by atoms with E-state index in [4.69, 9.17) is 9.84 Å². The van der Waals surface area contributed by atoms with Crippen molar-refractivity contribution >= 4 is 11.7 Å². The molecule has 5 heteroatoms. The van der Waals surface area contributed by atoms with E-state index in [0.717, 1.165) is 5.56 Å². The maximum Gasteiger partial charge on any atom is 0.260 e. The molecule has 0 aliphatic heterocycles. The van der Waals surface area contributed by atoms with E-state index < -0.39 is 0 Å². The third kappa shape index (κ3) is 6.04. The van der Waals surface area contributed by atoms with Crippen molar-refractivity contribution in [3.8, 4) is 5.75 Å². The Morgan fingerprint density at radius 3 is 2.52 bits per heavy atom. The summed E-state index contributed by atoms with van der Waals surface area (Å²) in [6, 6.07) is 16.5. The van der Waals surface area contributed by atoms with Gasteiger partial charge < -0.3 is 14.7 Å². The second-order valence-electron chi connectivity index (χ2n) is 5.75. The second-order valence-corrected chi connectivity index (χ2v) is 5.75. The summed E-state index contributed by atoms with van der Waals surface area (Å²) in [5.74, 6) is 0.277. The van der Waals surface area contributed by atoms with Crippen molar-refractivity contribution in [2.45, 2.75) is 19.9 Å². The lowest BCUT2D eigenvalue weighted by Gasteiger charge is -2.22. The molecule has 1 N–H and O–H groups in total. The van der Waals surface area contributed by atoms with Crippen LogP contribution in [0.2, 0.25) is 0 Å². The molecule has 2 aromatic carbocycles. The lowest BCUT2D eigenvalue weighted by Crippen LogP contribution is -2.35. The summed E-state index contributed by atoms with van der Waals surface area (Å²) in [5.41, 5.74) is 1.57. The van der Waals surface area contributed by atoms with Crippen LogP contribution in [0, 0.1) is 0 Å². The van der Waals surface area contributed by atoms with Crippen molar-refractivity contribution in [2.75, 3.05) is 19.8 Å². The highest BCUT2D eigenvalue weighted by Gasteiger charge is 2.15. The number of ether oxygens (including phenoxy) is 1. The molecule has 0 aliphatic carbocycles. The molecule has 0 saturated heterocycles. The lowest BCUT2D eigenvalue weighted by atomic mass is 10.1. The van der Waals surface area contributed by atoms with Crippen LogP contribution in [0.5, 0.6) is 5.75 Å². The number of benzene rings is 2. The molecule has 2 rings (SSSR count). The molecular formula is C20H23NO4. The molecule has 0 aliphatic rings. The lowest BCUT2D eigenvalue weighted by molar-refractivity contribution is -0.134. The van der Waals surface area contributed by atoms with Crippen LogP contribution in [0.15, 0.2) is 54.6 Å². The number of hydrogen-bond donors (Lipinski definition) is 1. The van der Waals surface area contributed by atoms with Gasteiger partial charge in [0.15, 0.2) is 12.4 Å². The summed E-state index contributed by atoms with van der Waals surface area (Å²) in [5, 5.41) is 9.05. The first-order valence-corrected chi connectivity index (χ1v) is 8.26. The Morgan fingerprint density at radius 2 is 1.84 bits per heavy atom. The summed E-state index contributed by atoms with van der Waals surface area (Å²) in [6.07, 6.45) is 0.512. The second kappa shape index (κ2) is 9.59. The normalized spacial score (nSPS) is 10.3. The Kier molecular flexibility index (Phi) is 7.16. The maximum atomic E-state index is 12.5. The minimum atomic E-state index is -0.162. The van der Waals surface area contributed by atoms with E-state index in [1.165, 1.54) is 6.92 Å². The van der Waals surface area contributed by atoms with Gasteiger partial charge in [0.1, 0.15) is 5.75 Å². The Balaban J connectivity index is 1.98. The minimum Gasteiger partial charge on any atom is -0.484 e. The molecule has 0 radical (unpaired) electrons. The molecule has 0 heterocycles. The average molecular weight is 341 g/mol. The molecule has 2 aromatic rings. The van der Waals surface area contributed by atoms with E-state index >= 15 is 0 Å². The van der Waals surface area contributed by atoms with Crippen LogP contribution in [0.1, 0.15) is 29.3 Å². The molecule has 0 unspecified atom stereocenters. The van der Waals surface area contributed by atoms with Crippen LogP contribution < -0.4 is 4.74 Å². The van der Waals surface area contributed by atoms with Crippen LogP contribution in [-0.4, -0.2) is 41.5 Å². The molecule has 0 fully saturated rings. The third-order valence-corrected chi connectivity index (χ3v) is 3.76.